The number of aryl methyl sites for hydroxylation is 1. The molecule has 4 nitrogen and oxygen atoms in total. The van der Waals surface area contributed by atoms with E-state index in [1.54, 1.807) is 6.07 Å². The number of nitrogens with zero attached hydrogens (tertiary/aromatic N) is 1. The number of benzene rings is 1. The van der Waals surface area contributed by atoms with Crippen LogP contribution in [0.5, 0.6) is 0 Å². The van der Waals surface area contributed by atoms with Crippen molar-refractivity contribution in [3.63, 3.8) is 0 Å². The van der Waals surface area contributed by atoms with Gasteiger partial charge in [-0.1, -0.05) is 12.0 Å². The summed E-state index contributed by atoms with van der Waals surface area (Å²) in [6.07, 6.45) is 7.09. The zero-order valence-corrected chi connectivity index (χ0v) is 11.7. The molecule has 0 heterocycles. The molecule has 1 amide bonds. The van der Waals surface area contributed by atoms with Crippen LogP contribution in [0.4, 0.5) is 0 Å². The van der Waals surface area contributed by atoms with E-state index in [0.29, 0.717) is 5.56 Å². The maximum Gasteiger partial charge on any atom is 0.323 e. The standard InChI is InChI=1S/C14H15NO3S/c1-4-7-15(9-13(16)17)14(18)12-8-11(19-3)6-5-10(12)2/h1,5-6,8H,7,9H2,2-3H3,(H,16,17). The van der Waals surface area contributed by atoms with Gasteiger partial charge in [0.15, 0.2) is 0 Å². The molecule has 0 aliphatic rings. The van der Waals surface area contributed by atoms with Gasteiger partial charge in [0.1, 0.15) is 6.54 Å². The van der Waals surface area contributed by atoms with E-state index in [-0.39, 0.29) is 12.5 Å². The lowest BCUT2D eigenvalue weighted by atomic mass is 10.1. The third-order valence-electron chi connectivity index (χ3n) is 2.57. The van der Waals surface area contributed by atoms with Crippen LogP contribution in [0.25, 0.3) is 0 Å². The summed E-state index contributed by atoms with van der Waals surface area (Å²) >= 11 is 1.52. The predicted octanol–water partition coefficient (Wildman–Crippen LogP) is 1.88. The molecule has 0 bridgehead atoms. The third kappa shape index (κ3) is 4.04. The van der Waals surface area contributed by atoms with Crippen molar-refractivity contribution < 1.29 is 14.7 Å². The number of aliphatic carboxylic acids is 1. The van der Waals surface area contributed by atoms with Crippen molar-refractivity contribution >= 4 is 23.6 Å². The van der Waals surface area contributed by atoms with E-state index >= 15 is 0 Å². The molecule has 0 spiro atoms. The van der Waals surface area contributed by atoms with Crippen molar-refractivity contribution in [3.05, 3.63) is 29.3 Å². The van der Waals surface area contributed by atoms with Crippen LogP contribution >= 0.6 is 11.8 Å². The molecule has 19 heavy (non-hydrogen) atoms. The molecule has 0 unspecified atom stereocenters. The van der Waals surface area contributed by atoms with Gasteiger partial charge in [-0.05, 0) is 30.9 Å². The van der Waals surface area contributed by atoms with E-state index in [1.807, 2.05) is 25.3 Å². The van der Waals surface area contributed by atoms with Gasteiger partial charge in [0.25, 0.3) is 5.91 Å². The minimum atomic E-state index is -1.08. The quantitative estimate of drug-likeness (QED) is 0.659. The zero-order valence-electron chi connectivity index (χ0n) is 10.8. The van der Waals surface area contributed by atoms with E-state index in [2.05, 4.69) is 5.92 Å². The molecule has 0 radical (unpaired) electrons. The molecular weight excluding hydrogens is 262 g/mol. The molecule has 0 fully saturated rings. The molecule has 1 aromatic carbocycles. The monoisotopic (exact) mass is 277 g/mol. The fourth-order valence-corrected chi connectivity index (χ4v) is 2.04. The smallest absolute Gasteiger partial charge is 0.323 e. The van der Waals surface area contributed by atoms with E-state index < -0.39 is 12.5 Å². The Kier molecular flexibility index (Phi) is 5.46. The van der Waals surface area contributed by atoms with Gasteiger partial charge in [-0.3, -0.25) is 9.59 Å². The van der Waals surface area contributed by atoms with Crippen LogP contribution < -0.4 is 0 Å². The molecular formula is C14H15NO3S. The maximum absolute atomic E-state index is 12.3. The van der Waals surface area contributed by atoms with Crippen LogP contribution in [0.2, 0.25) is 0 Å². The molecule has 0 atom stereocenters. The molecule has 5 heteroatoms. The van der Waals surface area contributed by atoms with Crippen LogP contribution in [0.3, 0.4) is 0 Å². The number of thioether (sulfide) groups is 1. The minimum Gasteiger partial charge on any atom is -0.480 e. The highest BCUT2D eigenvalue weighted by Crippen LogP contribution is 2.20. The van der Waals surface area contributed by atoms with Crippen LogP contribution in [-0.2, 0) is 4.79 Å². The normalized spacial score (nSPS) is 9.74. The van der Waals surface area contributed by atoms with Crippen molar-refractivity contribution in [1.82, 2.24) is 4.90 Å². The van der Waals surface area contributed by atoms with Crippen molar-refractivity contribution in [2.45, 2.75) is 11.8 Å². The van der Waals surface area contributed by atoms with Gasteiger partial charge in [0.2, 0.25) is 0 Å². The molecule has 0 aliphatic heterocycles. The van der Waals surface area contributed by atoms with Crippen LogP contribution in [0.15, 0.2) is 23.1 Å². The van der Waals surface area contributed by atoms with Crippen molar-refractivity contribution in [3.8, 4) is 12.3 Å². The number of carbonyl (C=O) groups excluding carboxylic acids is 1. The number of carboxylic acid groups (broad SMARTS) is 1. The summed E-state index contributed by atoms with van der Waals surface area (Å²) in [7, 11) is 0. The number of hydrogen-bond donors (Lipinski definition) is 1. The fourth-order valence-electron chi connectivity index (χ4n) is 1.60. The van der Waals surface area contributed by atoms with Crippen LogP contribution in [-0.4, -0.2) is 41.2 Å². The molecule has 0 aromatic heterocycles. The van der Waals surface area contributed by atoms with Crippen molar-refractivity contribution in [2.75, 3.05) is 19.3 Å². The Bertz CT molecular complexity index is 534. The Morgan fingerprint density at radius 3 is 2.68 bits per heavy atom. The first-order chi connectivity index (χ1) is 8.99. The molecule has 1 N–H and O–H groups in total. The largest absolute Gasteiger partial charge is 0.480 e. The first-order valence-electron chi connectivity index (χ1n) is 5.58. The number of hydrogen-bond acceptors (Lipinski definition) is 3. The van der Waals surface area contributed by atoms with E-state index in [9.17, 15) is 9.59 Å². The number of carbonyl (C=O) groups is 2. The van der Waals surface area contributed by atoms with Crippen molar-refractivity contribution in [2.24, 2.45) is 0 Å². The molecule has 0 saturated carbocycles. The van der Waals surface area contributed by atoms with Gasteiger partial charge in [-0.15, -0.1) is 18.2 Å². The lowest BCUT2D eigenvalue weighted by Gasteiger charge is -2.19. The number of rotatable bonds is 5. The maximum atomic E-state index is 12.3. The summed E-state index contributed by atoms with van der Waals surface area (Å²) in [6.45, 7) is 1.40. The Hall–Kier alpha value is -1.93. The van der Waals surface area contributed by atoms with E-state index in [0.717, 1.165) is 15.4 Å². The highest BCUT2D eigenvalue weighted by molar-refractivity contribution is 7.98. The molecule has 1 aromatic rings. The van der Waals surface area contributed by atoms with Gasteiger partial charge >= 0.3 is 5.97 Å². The van der Waals surface area contributed by atoms with Gasteiger partial charge in [0.05, 0.1) is 6.54 Å². The number of carboxylic acids is 1. The second-order valence-electron chi connectivity index (χ2n) is 3.94. The van der Waals surface area contributed by atoms with Gasteiger partial charge in [0, 0.05) is 10.5 Å². The summed E-state index contributed by atoms with van der Waals surface area (Å²) in [5.74, 6) is 0.874. The second kappa shape index (κ2) is 6.86. The summed E-state index contributed by atoms with van der Waals surface area (Å²) in [5, 5.41) is 8.81. The fraction of sp³-hybridized carbons (Fsp3) is 0.286. The topological polar surface area (TPSA) is 57.6 Å². The van der Waals surface area contributed by atoms with Gasteiger partial charge < -0.3 is 10.0 Å². The average molecular weight is 277 g/mol. The van der Waals surface area contributed by atoms with Gasteiger partial charge in [-0.2, -0.15) is 0 Å². The lowest BCUT2D eigenvalue weighted by Crippen LogP contribution is -2.36. The number of amides is 1. The predicted molar refractivity (Wildman–Crippen MR) is 75.3 cm³/mol. The summed E-state index contributed by atoms with van der Waals surface area (Å²) < 4.78 is 0. The van der Waals surface area contributed by atoms with Crippen LogP contribution in [0, 0.1) is 19.3 Å². The number of terminal acetylenes is 1. The summed E-state index contributed by atoms with van der Waals surface area (Å²) in [5.41, 5.74) is 1.29. The molecule has 0 saturated heterocycles. The van der Waals surface area contributed by atoms with Gasteiger partial charge in [-0.25, -0.2) is 0 Å². The Labute approximate surface area is 116 Å². The Morgan fingerprint density at radius 1 is 1.47 bits per heavy atom. The SMILES string of the molecule is C#CCN(CC(=O)O)C(=O)c1cc(SC)ccc1C. The highest BCUT2D eigenvalue weighted by atomic mass is 32.2. The first kappa shape index (κ1) is 15.1. The first-order valence-corrected chi connectivity index (χ1v) is 6.81. The third-order valence-corrected chi connectivity index (χ3v) is 3.30. The molecule has 1 rings (SSSR count). The summed E-state index contributed by atoms with van der Waals surface area (Å²) in [6, 6.07) is 5.51. The average Bonchev–Trinajstić information content (AvgIpc) is 2.37. The second-order valence-corrected chi connectivity index (χ2v) is 4.82. The zero-order chi connectivity index (χ0) is 14.4. The Balaban J connectivity index is 3.08. The minimum absolute atomic E-state index is 0.0198. The van der Waals surface area contributed by atoms with E-state index in [1.165, 1.54) is 11.8 Å². The van der Waals surface area contributed by atoms with Crippen molar-refractivity contribution in [1.29, 1.82) is 0 Å². The van der Waals surface area contributed by atoms with E-state index in [4.69, 9.17) is 11.5 Å². The molecule has 100 valence electrons. The highest BCUT2D eigenvalue weighted by Gasteiger charge is 2.19. The van der Waals surface area contributed by atoms with Crippen LogP contribution in [0.1, 0.15) is 15.9 Å². The Morgan fingerprint density at radius 2 is 2.16 bits per heavy atom. The molecule has 0 aliphatic carbocycles. The summed E-state index contributed by atoms with van der Waals surface area (Å²) in [4.78, 5) is 25.2. The lowest BCUT2D eigenvalue weighted by molar-refractivity contribution is -0.137.